The number of hydrogen-bond acceptors (Lipinski definition) is 6. The molecule has 1 N–H and O–H groups in total. The maximum Gasteiger partial charge on any atom is 0.295 e. The molecule has 38 heavy (non-hydrogen) atoms. The van der Waals surface area contributed by atoms with E-state index in [4.69, 9.17) is 9.47 Å². The maximum atomic E-state index is 13.2. The average molecular weight is 513 g/mol. The minimum absolute atomic E-state index is 0.116. The van der Waals surface area contributed by atoms with Crippen LogP contribution >= 0.6 is 0 Å². The molecule has 7 nitrogen and oxygen atoms in total. The van der Waals surface area contributed by atoms with Gasteiger partial charge in [0, 0.05) is 31.7 Å². The van der Waals surface area contributed by atoms with Crippen molar-refractivity contribution in [3.63, 3.8) is 0 Å². The number of likely N-dealkylation sites (tertiary alicyclic amines) is 1. The van der Waals surface area contributed by atoms with E-state index in [1.807, 2.05) is 60.7 Å². The SMILES string of the molecule is O=C1C(=O)N(CCCN2CCOCC2)C(c2ccc(OCc3ccccc3)cc2)C1=C(O)c1ccccc1. The van der Waals surface area contributed by atoms with Gasteiger partial charge in [0.2, 0.25) is 0 Å². The van der Waals surface area contributed by atoms with Crippen LogP contribution in [0.1, 0.15) is 29.2 Å². The lowest BCUT2D eigenvalue weighted by Crippen LogP contribution is -2.38. The van der Waals surface area contributed by atoms with Crippen LogP contribution in [0, 0.1) is 0 Å². The van der Waals surface area contributed by atoms with Crippen molar-refractivity contribution >= 4 is 17.4 Å². The van der Waals surface area contributed by atoms with Gasteiger partial charge < -0.3 is 19.5 Å². The average Bonchev–Trinajstić information content (AvgIpc) is 3.22. The molecule has 2 fully saturated rings. The van der Waals surface area contributed by atoms with Crippen LogP contribution in [0.2, 0.25) is 0 Å². The first-order valence-electron chi connectivity index (χ1n) is 13.0. The summed E-state index contributed by atoms with van der Waals surface area (Å²) in [6.07, 6.45) is 0.715. The summed E-state index contributed by atoms with van der Waals surface area (Å²) in [5.41, 5.74) is 2.44. The van der Waals surface area contributed by atoms with Gasteiger partial charge >= 0.3 is 0 Å². The second kappa shape index (κ2) is 12.1. The number of rotatable bonds is 9. The number of ether oxygens (including phenoxy) is 2. The topological polar surface area (TPSA) is 79.3 Å². The van der Waals surface area contributed by atoms with Gasteiger partial charge in [0.05, 0.1) is 24.8 Å². The highest BCUT2D eigenvalue weighted by atomic mass is 16.5. The Morgan fingerprint density at radius 2 is 1.53 bits per heavy atom. The van der Waals surface area contributed by atoms with Crippen LogP contribution in [-0.2, 0) is 20.9 Å². The third kappa shape index (κ3) is 5.79. The summed E-state index contributed by atoms with van der Waals surface area (Å²) in [5, 5.41) is 11.2. The number of carbonyl (C=O) groups excluding carboxylic acids is 2. The maximum absolute atomic E-state index is 13.2. The molecule has 1 amide bonds. The highest BCUT2D eigenvalue weighted by Crippen LogP contribution is 2.40. The van der Waals surface area contributed by atoms with E-state index in [0.29, 0.717) is 44.1 Å². The van der Waals surface area contributed by atoms with Crippen molar-refractivity contribution in [1.29, 1.82) is 0 Å². The van der Waals surface area contributed by atoms with Gasteiger partial charge in [-0.25, -0.2) is 0 Å². The predicted molar refractivity (Wildman–Crippen MR) is 145 cm³/mol. The molecule has 1 unspecified atom stereocenters. The van der Waals surface area contributed by atoms with Crippen LogP contribution in [0.15, 0.2) is 90.5 Å². The Morgan fingerprint density at radius 1 is 0.868 bits per heavy atom. The first kappa shape index (κ1) is 25.7. The van der Waals surface area contributed by atoms with E-state index in [-0.39, 0.29) is 11.3 Å². The molecule has 196 valence electrons. The number of morpholine rings is 1. The van der Waals surface area contributed by atoms with E-state index >= 15 is 0 Å². The highest BCUT2D eigenvalue weighted by molar-refractivity contribution is 6.46. The molecule has 2 saturated heterocycles. The monoisotopic (exact) mass is 512 g/mol. The van der Waals surface area contributed by atoms with Crippen molar-refractivity contribution in [3.05, 3.63) is 107 Å². The van der Waals surface area contributed by atoms with Crippen LogP contribution in [0.5, 0.6) is 5.75 Å². The zero-order valence-corrected chi connectivity index (χ0v) is 21.3. The lowest BCUT2D eigenvalue weighted by molar-refractivity contribution is -0.140. The van der Waals surface area contributed by atoms with E-state index in [2.05, 4.69) is 4.90 Å². The predicted octanol–water partition coefficient (Wildman–Crippen LogP) is 4.41. The molecule has 2 aliphatic rings. The Bertz CT molecular complexity index is 1270. The number of carbonyl (C=O) groups is 2. The quantitative estimate of drug-likeness (QED) is 0.260. The molecule has 0 spiro atoms. The standard InChI is InChI=1S/C31H32N2O5/c34-29(25-10-5-2-6-11-25)27-28(24-12-14-26(15-13-24)38-22-23-8-3-1-4-9-23)33(31(36)30(27)35)17-7-16-32-18-20-37-21-19-32/h1-6,8-15,28,34H,7,16-22H2. The molecule has 2 aliphatic heterocycles. The number of aliphatic hydroxyl groups excluding tert-OH is 1. The van der Waals surface area contributed by atoms with Crippen molar-refractivity contribution in [2.24, 2.45) is 0 Å². The van der Waals surface area contributed by atoms with Crippen LogP contribution < -0.4 is 4.74 Å². The van der Waals surface area contributed by atoms with Crippen LogP contribution in [0.3, 0.4) is 0 Å². The summed E-state index contributed by atoms with van der Waals surface area (Å²) in [6, 6.07) is 25.5. The lowest BCUT2D eigenvalue weighted by Gasteiger charge is -2.29. The molecular weight excluding hydrogens is 480 g/mol. The fourth-order valence-corrected chi connectivity index (χ4v) is 4.99. The van der Waals surface area contributed by atoms with Crippen LogP contribution in [0.4, 0.5) is 0 Å². The number of hydrogen-bond donors (Lipinski definition) is 1. The van der Waals surface area contributed by atoms with Crippen molar-refractivity contribution in [2.45, 2.75) is 19.1 Å². The minimum Gasteiger partial charge on any atom is -0.507 e. The molecule has 7 heteroatoms. The van der Waals surface area contributed by atoms with Gasteiger partial charge in [-0.2, -0.15) is 0 Å². The molecule has 0 aromatic heterocycles. The second-order valence-electron chi connectivity index (χ2n) is 9.51. The minimum atomic E-state index is -0.678. The van der Waals surface area contributed by atoms with E-state index in [9.17, 15) is 14.7 Å². The van der Waals surface area contributed by atoms with Gasteiger partial charge in [0.1, 0.15) is 18.1 Å². The molecule has 5 rings (SSSR count). The van der Waals surface area contributed by atoms with Crippen molar-refractivity contribution < 1.29 is 24.2 Å². The summed E-state index contributed by atoms with van der Waals surface area (Å²) in [4.78, 5) is 30.4. The fraction of sp³-hybridized carbons (Fsp3) is 0.290. The molecule has 0 bridgehead atoms. The van der Waals surface area contributed by atoms with Crippen molar-refractivity contribution in [1.82, 2.24) is 9.80 Å². The molecule has 0 radical (unpaired) electrons. The first-order chi connectivity index (χ1) is 18.6. The summed E-state index contributed by atoms with van der Waals surface area (Å²) >= 11 is 0. The normalized spacial score (nSPS) is 19.6. The number of ketones is 1. The Balaban J connectivity index is 1.40. The summed E-state index contributed by atoms with van der Waals surface area (Å²) in [7, 11) is 0. The number of aliphatic hydroxyl groups is 1. The van der Waals surface area contributed by atoms with Crippen LogP contribution in [-0.4, -0.2) is 66.0 Å². The molecule has 0 aliphatic carbocycles. The zero-order valence-electron chi connectivity index (χ0n) is 21.3. The second-order valence-corrected chi connectivity index (χ2v) is 9.51. The number of benzene rings is 3. The molecule has 0 saturated carbocycles. The highest BCUT2D eigenvalue weighted by Gasteiger charge is 2.45. The Morgan fingerprint density at radius 3 is 2.21 bits per heavy atom. The molecule has 1 atom stereocenters. The van der Waals surface area contributed by atoms with Gasteiger partial charge in [-0.1, -0.05) is 72.8 Å². The molecular formula is C31H32N2O5. The van der Waals surface area contributed by atoms with E-state index in [1.165, 1.54) is 0 Å². The summed E-state index contributed by atoms with van der Waals surface area (Å²) in [6.45, 7) is 4.80. The molecule has 3 aromatic rings. The lowest BCUT2D eigenvalue weighted by atomic mass is 9.95. The summed E-state index contributed by atoms with van der Waals surface area (Å²) in [5.74, 6) is -0.718. The van der Waals surface area contributed by atoms with E-state index in [0.717, 1.165) is 30.8 Å². The number of amides is 1. The Kier molecular flexibility index (Phi) is 8.16. The first-order valence-corrected chi connectivity index (χ1v) is 13.0. The van der Waals surface area contributed by atoms with Gasteiger partial charge in [-0.15, -0.1) is 0 Å². The number of nitrogens with zero attached hydrogens (tertiary/aromatic N) is 2. The third-order valence-corrected chi connectivity index (χ3v) is 7.01. The van der Waals surface area contributed by atoms with Gasteiger partial charge in [-0.3, -0.25) is 14.5 Å². The van der Waals surface area contributed by atoms with Crippen LogP contribution in [0.25, 0.3) is 5.76 Å². The van der Waals surface area contributed by atoms with E-state index in [1.54, 1.807) is 29.2 Å². The Hall–Kier alpha value is -3.94. The zero-order chi connectivity index (χ0) is 26.3. The van der Waals surface area contributed by atoms with Crippen molar-refractivity contribution in [2.75, 3.05) is 39.4 Å². The molecule has 2 heterocycles. The smallest absolute Gasteiger partial charge is 0.295 e. The van der Waals surface area contributed by atoms with Gasteiger partial charge in [0.25, 0.3) is 11.7 Å². The Labute approximate surface area is 222 Å². The summed E-state index contributed by atoms with van der Waals surface area (Å²) < 4.78 is 11.4. The van der Waals surface area contributed by atoms with Gasteiger partial charge in [0.15, 0.2) is 0 Å². The molecule has 3 aromatic carbocycles. The van der Waals surface area contributed by atoms with E-state index < -0.39 is 17.7 Å². The van der Waals surface area contributed by atoms with Crippen molar-refractivity contribution in [3.8, 4) is 5.75 Å². The largest absolute Gasteiger partial charge is 0.507 e. The van der Waals surface area contributed by atoms with Gasteiger partial charge in [-0.05, 0) is 29.7 Å². The fourth-order valence-electron chi connectivity index (χ4n) is 4.99. The third-order valence-electron chi connectivity index (χ3n) is 7.01. The number of Topliss-reactive ketones (excluding diaryl/α,β-unsaturated/α-hetero) is 1.